The molecule has 3 nitrogen and oxygen atoms in total. The van der Waals surface area contributed by atoms with Crippen LogP contribution in [0.5, 0.6) is 0 Å². The summed E-state index contributed by atoms with van der Waals surface area (Å²) in [5.41, 5.74) is 3.55. The number of nitrogens with zero attached hydrogens (tertiary/aromatic N) is 3. The summed E-state index contributed by atoms with van der Waals surface area (Å²) in [6.45, 7) is 6.97. The Labute approximate surface area is 165 Å². The number of aryl methyl sites for hydroxylation is 2. The van der Waals surface area contributed by atoms with Crippen LogP contribution in [0.3, 0.4) is 0 Å². The number of hydrogen-bond donors (Lipinski definition) is 0. The summed E-state index contributed by atoms with van der Waals surface area (Å²) in [7, 11) is 3.49. The zero-order chi connectivity index (χ0) is 20.9. The van der Waals surface area contributed by atoms with Crippen LogP contribution in [-0.2, 0) is 19.1 Å². The van der Waals surface area contributed by atoms with Crippen molar-refractivity contribution < 1.29 is 13.2 Å². The molecule has 0 aliphatic carbocycles. The van der Waals surface area contributed by atoms with Gasteiger partial charge in [0.15, 0.2) is 0 Å². The maximum absolute atomic E-state index is 13.5. The van der Waals surface area contributed by atoms with E-state index in [0.717, 1.165) is 16.8 Å². The number of hydrogen-bond acceptors (Lipinski definition) is 2. The maximum atomic E-state index is 13.5. The lowest BCUT2D eigenvalue weighted by Crippen LogP contribution is -2.27. The summed E-state index contributed by atoms with van der Waals surface area (Å²) < 4.78 is 40.6. The molecule has 152 valence electrons. The van der Waals surface area contributed by atoms with Crippen LogP contribution in [0.25, 0.3) is 0 Å². The fourth-order valence-corrected chi connectivity index (χ4v) is 3.22. The van der Waals surface area contributed by atoms with Gasteiger partial charge in [-0.25, -0.2) is 0 Å². The summed E-state index contributed by atoms with van der Waals surface area (Å²) in [5, 5.41) is 0. The van der Waals surface area contributed by atoms with Gasteiger partial charge in [0.1, 0.15) is 0 Å². The van der Waals surface area contributed by atoms with E-state index < -0.39 is 11.7 Å². The lowest BCUT2D eigenvalue weighted by molar-refractivity contribution is -0.137. The number of benzene rings is 2. The number of alkyl halides is 3. The molecule has 0 heterocycles. The van der Waals surface area contributed by atoms with Gasteiger partial charge in [-0.15, -0.1) is 0 Å². The van der Waals surface area contributed by atoms with Crippen molar-refractivity contribution in [2.75, 3.05) is 30.4 Å². The molecule has 6 heteroatoms. The molecule has 0 fully saturated rings. The predicted octanol–water partition coefficient (Wildman–Crippen LogP) is 5.70. The molecule has 0 unspecified atom stereocenters. The maximum Gasteiger partial charge on any atom is 0.416 e. The molecule has 0 saturated heterocycles. The Morgan fingerprint density at radius 2 is 1.71 bits per heavy atom. The van der Waals surface area contributed by atoms with E-state index in [-0.39, 0.29) is 0 Å². The predicted molar refractivity (Wildman–Crippen MR) is 112 cm³/mol. The highest BCUT2D eigenvalue weighted by atomic mass is 19.4. The first-order valence-electron chi connectivity index (χ1n) is 9.40. The molecule has 0 amide bonds. The Morgan fingerprint density at radius 3 is 2.21 bits per heavy atom. The fourth-order valence-electron chi connectivity index (χ4n) is 3.22. The Morgan fingerprint density at radius 1 is 1.07 bits per heavy atom. The second-order valence-electron chi connectivity index (χ2n) is 6.86. The Bertz CT molecular complexity index is 811. The highest BCUT2D eigenvalue weighted by Gasteiger charge is 2.33. The molecule has 0 atom stereocenters. The average Bonchev–Trinajstić information content (AvgIpc) is 2.66. The number of rotatable bonds is 7. The van der Waals surface area contributed by atoms with Gasteiger partial charge in [0.2, 0.25) is 0 Å². The minimum absolute atomic E-state index is 0.499. The molecule has 2 aromatic carbocycles. The number of halogens is 3. The van der Waals surface area contributed by atoms with E-state index in [9.17, 15) is 13.2 Å². The Balaban J connectivity index is 2.60. The van der Waals surface area contributed by atoms with E-state index in [4.69, 9.17) is 0 Å². The van der Waals surface area contributed by atoms with Crippen molar-refractivity contribution in [3.8, 4) is 0 Å². The molecule has 0 aliphatic rings. The Hall–Kier alpha value is -2.50. The second-order valence-corrected chi connectivity index (χ2v) is 6.86. The second kappa shape index (κ2) is 9.13. The highest BCUT2D eigenvalue weighted by Crippen LogP contribution is 2.40. The monoisotopic (exact) mass is 391 g/mol. The largest absolute Gasteiger partial charge is 0.416 e. The number of aliphatic imine (C=N–C) groups is 1. The van der Waals surface area contributed by atoms with Crippen molar-refractivity contribution >= 4 is 17.7 Å². The molecule has 0 aliphatic heterocycles. The van der Waals surface area contributed by atoms with Crippen molar-refractivity contribution in [2.45, 2.75) is 39.9 Å². The third-order valence-electron chi connectivity index (χ3n) is 4.71. The van der Waals surface area contributed by atoms with Gasteiger partial charge in [-0.3, -0.25) is 4.99 Å². The van der Waals surface area contributed by atoms with Gasteiger partial charge in [-0.05, 0) is 43.5 Å². The summed E-state index contributed by atoms with van der Waals surface area (Å²) in [6.07, 6.45) is -2.22. The third kappa shape index (κ3) is 5.06. The normalized spacial score (nSPS) is 11.9. The van der Waals surface area contributed by atoms with Gasteiger partial charge in [-0.1, -0.05) is 36.8 Å². The van der Waals surface area contributed by atoms with Gasteiger partial charge in [0.05, 0.1) is 23.3 Å². The molecular weight excluding hydrogens is 363 g/mol. The smallest absolute Gasteiger partial charge is 0.369 e. The SMILES string of the molecule is CCc1cc(C(F)(F)F)cc(N(C)Cc2ccc(C)cc2)c1N(C=NC)CC. The van der Waals surface area contributed by atoms with Crippen LogP contribution in [0.1, 0.15) is 36.1 Å². The van der Waals surface area contributed by atoms with Gasteiger partial charge < -0.3 is 9.80 Å². The van der Waals surface area contributed by atoms with Crippen molar-refractivity contribution in [3.05, 3.63) is 58.7 Å². The number of anilines is 2. The molecule has 2 aromatic rings. The Kier molecular flexibility index (Phi) is 7.11. The van der Waals surface area contributed by atoms with Crippen LogP contribution in [-0.4, -0.2) is 27.0 Å². The zero-order valence-electron chi connectivity index (χ0n) is 17.1. The van der Waals surface area contributed by atoms with Crippen LogP contribution in [0.15, 0.2) is 41.4 Å². The van der Waals surface area contributed by atoms with E-state index in [1.54, 1.807) is 13.4 Å². The highest BCUT2D eigenvalue weighted by molar-refractivity contribution is 5.88. The van der Waals surface area contributed by atoms with Crippen LogP contribution in [0.2, 0.25) is 0 Å². The third-order valence-corrected chi connectivity index (χ3v) is 4.71. The summed E-state index contributed by atoms with van der Waals surface area (Å²) in [5.74, 6) is 0. The minimum atomic E-state index is -4.39. The van der Waals surface area contributed by atoms with E-state index in [0.29, 0.717) is 30.8 Å². The van der Waals surface area contributed by atoms with E-state index in [1.807, 2.05) is 61.9 Å². The van der Waals surface area contributed by atoms with Crippen LogP contribution < -0.4 is 9.80 Å². The molecule has 0 spiro atoms. The first-order chi connectivity index (χ1) is 13.2. The first-order valence-corrected chi connectivity index (χ1v) is 9.40. The standard InChI is InChI=1S/C22H28F3N3/c1-6-18-12-19(22(23,24)25)13-20(21(18)28(7-2)15-26-4)27(5)14-17-10-8-16(3)9-11-17/h8-13,15H,6-7,14H2,1-5H3. The molecular formula is C22H28F3N3. The van der Waals surface area contributed by atoms with E-state index in [1.165, 1.54) is 12.1 Å². The average molecular weight is 391 g/mol. The van der Waals surface area contributed by atoms with Crippen molar-refractivity contribution in [1.82, 2.24) is 0 Å². The topological polar surface area (TPSA) is 18.8 Å². The first kappa shape index (κ1) is 21.8. The molecule has 28 heavy (non-hydrogen) atoms. The molecule has 2 rings (SSSR count). The molecule has 0 N–H and O–H groups in total. The lowest BCUT2D eigenvalue weighted by Gasteiger charge is -2.30. The van der Waals surface area contributed by atoms with Crippen LogP contribution in [0.4, 0.5) is 24.5 Å². The van der Waals surface area contributed by atoms with Crippen molar-refractivity contribution in [2.24, 2.45) is 4.99 Å². The van der Waals surface area contributed by atoms with E-state index >= 15 is 0 Å². The fraction of sp³-hybridized carbons (Fsp3) is 0.409. The summed E-state index contributed by atoms with van der Waals surface area (Å²) in [6, 6.07) is 10.5. The van der Waals surface area contributed by atoms with Gasteiger partial charge in [-0.2, -0.15) is 13.2 Å². The van der Waals surface area contributed by atoms with Crippen molar-refractivity contribution in [3.63, 3.8) is 0 Å². The van der Waals surface area contributed by atoms with Gasteiger partial charge >= 0.3 is 6.18 Å². The van der Waals surface area contributed by atoms with Crippen LogP contribution >= 0.6 is 0 Å². The minimum Gasteiger partial charge on any atom is -0.369 e. The zero-order valence-corrected chi connectivity index (χ0v) is 17.1. The molecule has 0 aromatic heterocycles. The summed E-state index contributed by atoms with van der Waals surface area (Å²) in [4.78, 5) is 7.86. The summed E-state index contributed by atoms with van der Waals surface area (Å²) >= 11 is 0. The molecule has 0 bridgehead atoms. The van der Waals surface area contributed by atoms with Crippen molar-refractivity contribution in [1.29, 1.82) is 0 Å². The molecule has 0 radical (unpaired) electrons. The quantitative estimate of drug-likeness (QED) is 0.446. The van der Waals surface area contributed by atoms with E-state index in [2.05, 4.69) is 4.99 Å². The molecule has 0 saturated carbocycles. The van der Waals surface area contributed by atoms with Crippen LogP contribution in [0, 0.1) is 6.92 Å². The van der Waals surface area contributed by atoms with Gasteiger partial charge in [0.25, 0.3) is 0 Å². The lowest BCUT2D eigenvalue weighted by atomic mass is 10.0. The van der Waals surface area contributed by atoms with Gasteiger partial charge in [0, 0.05) is 27.2 Å².